The second-order valence-corrected chi connectivity index (χ2v) is 22.5. The molecular formula is C76H129NO3. The van der Waals surface area contributed by atoms with Gasteiger partial charge in [0.25, 0.3) is 0 Å². The molecule has 0 aliphatic carbocycles. The van der Waals surface area contributed by atoms with Crippen molar-refractivity contribution in [1.29, 1.82) is 0 Å². The van der Waals surface area contributed by atoms with Crippen molar-refractivity contribution in [2.45, 2.75) is 321 Å². The molecule has 0 heterocycles. The Labute approximate surface area is 497 Å². The molecular weight excluding hydrogens is 975 g/mol. The highest BCUT2D eigenvalue weighted by atomic mass is 16.3. The zero-order chi connectivity index (χ0) is 57.6. The average molecular weight is 1100 g/mol. The van der Waals surface area contributed by atoms with E-state index in [0.717, 1.165) is 109 Å². The summed E-state index contributed by atoms with van der Waals surface area (Å²) in [5.74, 6) is -0.0984. The van der Waals surface area contributed by atoms with Crippen LogP contribution in [0.5, 0.6) is 0 Å². The first kappa shape index (κ1) is 76.3. The van der Waals surface area contributed by atoms with Gasteiger partial charge in [-0.1, -0.05) is 346 Å². The number of hydrogen-bond acceptors (Lipinski definition) is 3. The monoisotopic (exact) mass is 1100 g/mol. The van der Waals surface area contributed by atoms with E-state index in [1.165, 1.54) is 180 Å². The number of aliphatic hydroxyl groups is 2. The number of nitrogens with one attached hydrogen (secondary N) is 1. The van der Waals surface area contributed by atoms with Crippen LogP contribution in [0.15, 0.2) is 146 Å². The Balaban J connectivity index is 3.63. The van der Waals surface area contributed by atoms with Gasteiger partial charge in [0.05, 0.1) is 18.8 Å². The maximum Gasteiger partial charge on any atom is 0.220 e. The van der Waals surface area contributed by atoms with Crippen molar-refractivity contribution in [1.82, 2.24) is 5.32 Å². The number of rotatable bonds is 61. The molecule has 2 unspecified atom stereocenters. The van der Waals surface area contributed by atoms with Crippen molar-refractivity contribution in [3.63, 3.8) is 0 Å². The first-order valence-electron chi connectivity index (χ1n) is 34.0. The fourth-order valence-corrected chi connectivity index (χ4v) is 9.72. The Kier molecular flexibility index (Phi) is 66.3. The van der Waals surface area contributed by atoms with Gasteiger partial charge in [-0.25, -0.2) is 0 Å². The van der Waals surface area contributed by atoms with E-state index in [-0.39, 0.29) is 12.5 Å². The molecule has 4 nitrogen and oxygen atoms in total. The first-order chi connectivity index (χ1) is 39.7. The summed E-state index contributed by atoms with van der Waals surface area (Å²) in [6, 6.07) is -0.653. The van der Waals surface area contributed by atoms with E-state index >= 15 is 0 Å². The van der Waals surface area contributed by atoms with Gasteiger partial charge in [0.1, 0.15) is 0 Å². The standard InChI is InChI=1S/C76H129NO3/c1-3-5-7-9-11-13-15-17-19-21-23-25-27-29-31-33-35-36-37-38-39-40-42-44-46-48-50-52-54-56-58-60-62-64-66-68-70-72-76(80)77-74(73-78)75(79)71-69-67-65-63-61-59-57-55-53-51-49-47-45-43-41-34-32-30-28-26-24-22-20-18-16-14-12-10-8-6-4-2/h5,7,11,13,17,19,23,25,29,31,35-36,38-39,42,44,48,50,54,56,60,62,69,71,74-75,78-79H,3-4,6,8-10,12,14-16,18,20-22,24,26-28,30,32-34,37,40-41,43,45-47,49,51-53,55,57-59,61,63-68,70,72-73H2,1-2H3,(H,77,80)/b7-5-,13-11-,19-17-,25-23-,31-29-,36-35-,39-38-,44-42-,50-48-,56-54-,62-60-,71-69+. The Morgan fingerprint density at radius 1 is 0.312 bits per heavy atom. The normalized spacial score (nSPS) is 13.7. The topological polar surface area (TPSA) is 69.6 Å². The molecule has 456 valence electrons. The number of aliphatic hydroxyl groups excluding tert-OH is 2. The number of carbonyl (C=O) groups excluding carboxylic acids is 1. The lowest BCUT2D eigenvalue weighted by Gasteiger charge is -2.19. The highest BCUT2D eigenvalue weighted by molar-refractivity contribution is 5.76. The molecule has 0 radical (unpaired) electrons. The largest absolute Gasteiger partial charge is 0.394 e. The highest BCUT2D eigenvalue weighted by Crippen LogP contribution is 2.17. The lowest BCUT2D eigenvalue weighted by Crippen LogP contribution is -2.45. The molecule has 0 aromatic rings. The van der Waals surface area contributed by atoms with E-state index in [4.69, 9.17) is 0 Å². The molecule has 80 heavy (non-hydrogen) atoms. The van der Waals surface area contributed by atoms with Crippen molar-refractivity contribution in [3.8, 4) is 0 Å². The molecule has 0 spiro atoms. The molecule has 0 fully saturated rings. The molecule has 1 amide bonds. The number of amides is 1. The minimum absolute atomic E-state index is 0.0984. The number of hydrogen-bond donors (Lipinski definition) is 3. The molecule has 0 aromatic carbocycles. The number of allylic oxidation sites excluding steroid dienone is 23. The van der Waals surface area contributed by atoms with Crippen LogP contribution in [0, 0.1) is 0 Å². The smallest absolute Gasteiger partial charge is 0.220 e. The zero-order valence-electron chi connectivity index (χ0n) is 52.5. The van der Waals surface area contributed by atoms with Gasteiger partial charge < -0.3 is 15.5 Å². The van der Waals surface area contributed by atoms with Crippen molar-refractivity contribution in [2.24, 2.45) is 0 Å². The third-order valence-corrected chi connectivity index (χ3v) is 14.8. The van der Waals surface area contributed by atoms with Gasteiger partial charge in [0.15, 0.2) is 0 Å². The quantitative estimate of drug-likeness (QED) is 0.0420. The van der Waals surface area contributed by atoms with E-state index in [1.54, 1.807) is 6.08 Å². The summed E-state index contributed by atoms with van der Waals surface area (Å²) in [6.07, 6.45) is 109. The summed E-state index contributed by atoms with van der Waals surface area (Å²) in [7, 11) is 0. The fraction of sp³-hybridized carbons (Fsp3) is 0.671. The minimum atomic E-state index is -0.867. The van der Waals surface area contributed by atoms with Gasteiger partial charge in [0, 0.05) is 6.42 Å². The molecule has 0 saturated carbocycles. The van der Waals surface area contributed by atoms with Gasteiger partial charge in [-0.05, 0) is 103 Å². The van der Waals surface area contributed by atoms with Crippen LogP contribution in [0.3, 0.4) is 0 Å². The van der Waals surface area contributed by atoms with Gasteiger partial charge in [-0.3, -0.25) is 4.79 Å². The van der Waals surface area contributed by atoms with Crippen LogP contribution >= 0.6 is 0 Å². The van der Waals surface area contributed by atoms with Crippen molar-refractivity contribution >= 4 is 5.91 Å². The molecule has 0 bridgehead atoms. The van der Waals surface area contributed by atoms with Crippen molar-refractivity contribution in [3.05, 3.63) is 146 Å². The van der Waals surface area contributed by atoms with Crippen LogP contribution < -0.4 is 5.32 Å². The summed E-state index contributed by atoms with van der Waals surface area (Å²) in [5, 5.41) is 23.3. The zero-order valence-corrected chi connectivity index (χ0v) is 52.5. The van der Waals surface area contributed by atoms with E-state index in [0.29, 0.717) is 6.42 Å². The lowest BCUT2D eigenvalue weighted by molar-refractivity contribution is -0.123. The van der Waals surface area contributed by atoms with E-state index < -0.39 is 12.1 Å². The van der Waals surface area contributed by atoms with E-state index in [2.05, 4.69) is 153 Å². The molecule has 2 atom stereocenters. The van der Waals surface area contributed by atoms with E-state index in [1.807, 2.05) is 6.08 Å². The lowest BCUT2D eigenvalue weighted by atomic mass is 10.0. The second kappa shape index (κ2) is 69.5. The maximum absolute atomic E-state index is 12.5. The summed E-state index contributed by atoms with van der Waals surface area (Å²) < 4.78 is 0. The molecule has 0 saturated heterocycles. The minimum Gasteiger partial charge on any atom is -0.394 e. The van der Waals surface area contributed by atoms with Gasteiger partial charge in [-0.2, -0.15) is 0 Å². The Morgan fingerprint density at radius 3 is 0.825 bits per heavy atom. The van der Waals surface area contributed by atoms with E-state index in [9.17, 15) is 15.0 Å². The summed E-state index contributed by atoms with van der Waals surface area (Å²) in [4.78, 5) is 12.5. The molecule has 0 rings (SSSR count). The SMILES string of the molecule is CC/C=C\C/C=C\C/C=C\C/C=C\C/C=C\C/C=C\C/C=C\C/C=C\C/C=C\C/C=C\C/C=C\CCCCCC(=O)NC(CO)C(O)/C=C/CCCCCCCCCCCCCCCCCCCCCCCCCCCCCCC. The molecule has 4 heteroatoms. The average Bonchev–Trinajstić information content (AvgIpc) is 3.46. The van der Waals surface area contributed by atoms with Crippen LogP contribution in [0.1, 0.15) is 309 Å². The second-order valence-electron chi connectivity index (χ2n) is 22.5. The summed E-state index contributed by atoms with van der Waals surface area (Å²) in [6.45, 7) is 4.20. The van der Waals surface area contributed by atoms with Gasteiger partial charge in [-0.15, -0.1) is 0 Å². The summed E-state index contributed by atoms with van der Waals surface area (Å²) >= 11 is 0. The Morgan fingerprint density at radius 2 is 0.550 bits per heavy atom. The maximum atomic E-state index is 12.5. The van der Waals surface area contributed by atoms with Crippen molar-refractivity contribution < 1.29 is 15.0 Å². The third kappa shape index (κ3) is 65.1. The van der Waals surface area contributed by atoms with Crippen LogP contribution in [-0.2, 0) is 4.79 Å². The third-order valence-electron chi connectivity index (χ3n) is 14.8. The molecule has 0 aliphatic heterocycles. The predicted molar refractivity (Wildman–Crippen MR) is 358 cm³/mol. The van der Waals surface area contributed by atoms with Gasteiger partial charge in [0.2, 0.25) is 5.91 Å². The number of unbranched alkanes of at least 4 members (excludes halogenated alkanes) is 32. The molecule has 3 N–H and O–H groups in total. The summed E-state index contributed by atoms with van der Waals surface area (Å²) in [5.41, 5.74) is 0. The number of carbonyl (C=O) groups is 1. The molecule has 0 aromatic heterocycles. The molecule has 0 aliphatic rings. The highest BCUT2D eigenvalue weighted by Gasteiger charge is 2.18. The van der Waals surface area contributed by atoms with Crippen LogP contribution in [0.2, 0.25) is 0 Å². The van der Waals surface area contributed by atoms with Gasteiger partial charge >= 0.3 is 0 Å². The fourth-order valence-electron chi connectivity index (χ4n) is 9.72. The first-order valence-corrected chi connectivity index (χ1v) is 34.0. The Bertz CT molecular complexity index is 1630. The van der Waals surface area contributed by atoms with Crippen LogP contribution in [-0.4, -0.2) is 34.9 Å². The Hall–Kier alpha value is -3.73. The van der Waals surface area contributed by atoms with Crippen molar-refractivity contribution in [2.75, 3.05) is 6.61 Å². The van der Waals surface area contributed by atoms with Crippen LogP contribution in [0.25, 0.3) is 0 Å². The van der Waals surface area contributed by atoms with Crippen LogP contribution in [0.4, 0.5) is 0 Å². The predicted octanol–water partition coefficient (Wildman–Crippen LogP) is 23.5.